The van der Waals surface area contributed by atoms with Crippen LogP contribution in [-0.2, 0) is 16.1 Å². The summed E-state index contributed by atoms with van der Waals surface area (Å²) in [4.78, 5) is 14.2. The minimum absolute atomic E-state index is 0.129. The van der Waals surface area contributed by atoms with Crippen LogP contribution in [0, 0.1) is 0 Å². The van der Waals surface area contributed by atoms with E-state index in [0.29, 0.717) is 12.2 Å². The van der Waals surface area contributed by atoms with E-state index in [9.17, 15) is 9.90 Å². The number of nitrogens with zero attached hydrogens (tertiary/aromatic N) is 1. The number of β-amino-alcohol motifs (C(OH)–C–C–N with tert-alkyl or cyclic N) is 1. The highest BCUT2D eigenvalue weighted by atomic mass is 16.7. The molecule has 0 bridgehead atoms. The molecule has 6 heteroatoms. The van der Waals surface area contributed by atoms with Crippen molar-refractivity contribution in [3.8, 4) is 5.75 Å². The van der Waals surface area contributed by atoms with Gasteiger partial charge in [0.2, 0.25) is 5.79 Å². The number of fused-ring (bicyclic) bond motifs is 1. The van der Waals surface area contributed by atoms with Crippen molar-refractivity contribution >= 4 is 6.09 Å². The molecule has 27 heavy (non-hydrogen) atoms. The summed E-state index contributed by atoms with van der Waals surface area (Å²) in [5, 5.41) is 10.8. The summed E-state index contributed by atoms with van der Waals surface area (Å²) in [5.74, 6) is 0.0920. The summed E-state index contributed by atoms with van der Waals surface area (Å²) < 4.78 is 17.0. The Balaban J connectivity index is 2.18. The first-order chi connectivity index (χ1) is 12.2. The Morgan fingerprint density at radius 2 is 1.89 bits per heavy atom. The van der Waals surface area contributed by atoms with Gasteiger partial charge in [-0.05, 0) is 59.2 Å². The van der Waals surface area contributed by atoms with Gasteiger partial charge in [-0.1, -0.05) is 6.07 Å². The molecule has 1 aromatic rings. The lowest BCUT2D eigenvalue weighted by molar-refractivity contribution is -0.180. The Morgan fingerprint density at radius 1 is 1.26 bits per heavy atom. The topological polar surface area (TPSA) is 68.2 Å². The highest BCUT2D eigenvalue weighted by molar-refractivity contribution is 5.69. The first-order valence-corrected chi connectivity index (χ1v) is 9.32. The molecule has 0 fully saturated rings. The van der Waals surface area contributed by atoms with Gasteiger partial charge in [0, 0.05) is 24.9 Å². The van der Waals surface area contributed by atoms with E-state index in [1.807, 2.05) is 73.6 Å². The maximum Gasteiger partial charge on any atom is 0.410 e. The number of benzene rings is 1. The minimum Gasteiger partial charge on any atom is -0.463 e. The molecular formula is C21H33NO5. The van der Waals surface area contributed by atoms with Crippen LogP contribution in [0.5, 0.6) is 5.75 Å². The van der Waals surface area contributed by atoms with Crippen LogP contribution in [0.1, 0.15) is 72.6 Å². The molecule has 0 aliphatic carbocycles. The number of rotatable bonds is 3. The van der Waals surface area contributed by atoms with E-state index in [1.165, 1.54) is 0 Å². The lowest BCUT2D eigenvalue weighted by Gasteiger charge is -2.38. The number of amides is 1. The van der Waals surface area contributed by atoms with Gasteiger partial charge in [-0.2, -0.15) is 0 Å². The predicted molar refractivity (Wildman–Crippen MR) is 104 cm³/mol. The third-order valence-corrected chi connectivity index (χ3v) is 4.18. The molecule has 1 heterocycles. The number of hydrogen-bond donors (Lipinski definition) is 1. The van der Waals surface area contributed by atoms with Gasteiger partial charge in [0.15, 0.2) is 0 Å². The summed E-state index contributed by atoms with van der Waals surface area (Å²) in [6, 6.07) is 5.53. The Bertz CT molecular complexity index is 685. The molecule has 1 unspecified atom stereocenters. The normalized spacial score (nSPS) is 17.5. The average Bonchev–Trinajstić information content (AvgIpc) is 2.48. The predicted octanol–water partition coefficient (Wildman–Crippen LogP) is 4.40. The molecule has 0 saturated heterocycles. The fourth-order valence-corrected chi connectivity index (χ4v) is 2.78. The van der Waals surface area contributed by atoms with Crippen molar-refractivity contribution in [1.82, 2.24) is 4.90 Å². The number of aliphatic hydroxyl groups excluding tert-OH is 1. The van der Waals surface area contributed by atoms with Gasteiger partial charge < -0.3 is 24.2 Å². The maximum absolute atomic E-state index is 12.6. The molecule has 0 radical (unpaired) electrons. The highest BCUT2D eigenvalue weighted by Gasteiger charge is 2.33. The van der Waals surface area contributed by atoms with Gasteiger partial charge in [0.05, 0.1) is 19.3 Å². The second-order valence-electron chi connectivity index (χ2n) is 9.44. The molecule has 1 atom stereocenters. The van der Waals surface area contributed by atoms with E-state index in [4.69, 9.17) is 14.2 Å². The van der Waals surface area contributed by atoms with E-state index in [0.717, 1.165) is 11.3 Å². The van der Waals surface area contributed by atoms with Crippen LogP contribution in [0.15, 0.2) is 18.2 Å². The molecule has 1 aliphatic heterocycles. The molecule has 2 rings (SSSR count). The molecule has 1 amide bonds. The Labute approximate surface area is 162 Å². The van der Waals surface area contributed by atoms with Gasteiger partial charge in [-0.25, -0.2) is 4.79 Å². The first-order valence-electron chi connectivity index (χ1n) is 9.32. The van der Waals surface area contributed by atoms with Crippen molar-refractivity contribution in [3.63, 3.8) is 0 Å². The lowest BCUT2D eigenvalue weighted by Crippen LogP contribution is -2.49. The third kappa shape index (κ3) is 5.84. The SMILES string of the molecule is CC(C)(C)OC(=O)N(CC(O)c1ccc2c(c1)COC(C)(C)O2)C(C)(C)C. The lowest BCUT2D eigenvalue weighted by atomic mass is 10.0. The Kier molecular flexibility index (Phi) is 5.83. The fraction of sp³-hybridized carbons (Fsp3) is 0.667. The van der Waals surface area contributed by atoms with E-state index >= 15 is 0 Å². The van der Waals surface area contributed by atoms with Gasteiger partial charge >= 0.3 is 6.09 Å². The van der Waals surface area contributed by atoms with E-state index in [2.05, 4.69) is 0 Å². The first kappa shape index (κ1) is 21.5. The fourth-order valence-electron chi connectivity index (χ4n) is 2.78. The molecular weight excluding hydrogens is 346 g/mol. The van der Waals surface area contributed by atoms with Crippen LogP contribution in [0.2, 0.25) is 0 Å². The van der Waals surface area contributed by atoms with Crippen LogP contribution in [-0.4, -0.2) is 39.6 Å². The van der Waals surface area contributed by atoms with Crippen molar-refractivity contribution in [2.24, 2.45) is 0 Å². The largest absolute Gasteiger partial charge is 0.463 e. The van der Waals surface area contributed by atoms with Crippen LogP contribution >= 0.6 is 0 Å². The van der Waals surface area contributed by atoms with E-state index in [1.54, 1.807) is 4.90 Å². The number of carbonyl (C=O) groups excluding carboxylic acids is 1. The summed E-state index contributed by atoms with van der Waals surface area (Å²) in [6.07, 6.45) is -1.29. The molecule has 1 aromatic carbocycles. The maximum atomic E-state index is 12.6. The molecule has 6 nitrogen and oxygen atoms in total. The smallest absolute Gasteiger partial charge is 0.410 e. The molecule has 1 N–H and O–H groups in total. The standard InChI is InChI=1S/C21H33NO5/c1-19(2,3)22(18(24)27-20(4,5)6)12-16(23)14-9-10-17-15(11-14)13-25-21(7,8)26-17/h9-11,16,23H,12-13H2,1-8H3. The highest BCUT2D eigenvalue weighted by Crippen LogP contribution is 2.33. The zero-order valence-corrected chi connectivity index (χ0v) is 17.8. The van der Waals surface area contributed by atoms with Gasteiger partial charge in [-0.3, -0.25) is 0 Å². The second kappa shape index (κ2) is 7.32. The second-order valence-corrected chi connectivity index (χ2v) is 9.44. The zero-order chi connectivity index (χ0) is 20.6. The molecule has 1 aliphatic rings. The average molecular weight is 379 g/mol. The molecule has 0 spiro atoms. The van der Waals surface area contributed by atoms with E-state index < -0.39 is 29.1 Å². The monoisotopic (exact) mass is 379 g/mol. The van der Waals surface area contributed by atoms with Gasteiger partial charge in [0.25, 0.3) is 0 Å². The Morgan fingerprint density at radius 3 is 2.44 bits per heavy atom. The number of carbonyl (C=O) groups is 1. The van der Waals surface area contributed by atoms with Crippen LogP contribution < -0.4 is 4.74 Å². The van der Waals surface area contributed by atoms with Gasteiger partial charge in [0.1, 0.15) is 11.4 Å². The van der Waals surface area contributed by atoms with Crippen LogP contribution in [0.25, 0.3) is 0 Å². The quantitative estimate of drug-likeness (QED) is 0.843. The van der Waals surface area contributed by atoms with Crippen molar-refractivity contribution < 1.29 is 24.1 Å². The van der Waals surface area contributed by atoms with Crippen molar-refractivity contribution in [2.45, 2.75) is 85.0 Å². The van der Waals surface area contributed by atoms with Crippen molar-refractivity contribution in [1.29, 1.82) is 0 Å². The number of hydrogen-bond acceptors (Lipinski definition) is 5. The molecule has 0 saturated carbocycles. The zero-order valence-electron chi connectivity index (χ0n) is 17.8. The molecule has 152 valence electrons. The van der Waals surface area contributed by atoms with Crippen LogP contribution in [0.3, 0.4) is 0 Å². The molecule has 0 aromatic heterocycles. The van der Waals surface area contributed by atoms with Crippen LogP contribution in [0.4, 0.5) is 4.79 Å². The minimum atomic E-state index is -0.850. The summed E-state index contributed by atoms with van der Waals surface area (Å²) in [7, 11) is 0. The van der Waals surface area contributed by atoms with Gasteiger partial charge in [-0.15, -0.1) is 0 Å². The summed E-state index contributed by atoms with van der Waals surface area (Å²) >= 11 is 0. The summed E-state index contributed by atoms with van der Waals surface area (Å²) in [5.41, 5.74) is 0.496. The number of ether oxygens (including phenoxy) is 3. The summed E-state index contributed by atoms with van der Waals surface area (Å²) in [6.45, 7) is 15.5. The van der Waals surface area contributed by atoms with E-state index in [-0.39, 0.29) is 6.54 Å². The third-order valence-electron chi connectivity index (χ3n) is 4.18. The number of aliphatic hydroxyl groups is 1. The van der Waals surface area contributed by atoms with Crippen molar-refractivity contribution in [2.75, 3.05) is 6.54 Å². The van der Waals surface area contributed by atoms with Crippen molar-refractivity contribution in [3.05, 3.63) is 29.3 Å². The Hall–Kier alpha value is -1.79.